The van der Waals surface area contributed by atoms with Crippen LogP contribution in [0.4, 0.5) is 11.4 Å². The fourth-order valence-electron chi connectivity index (χ4n) is 2.25. The molecule has 0 aliphatic heterocycles. The minimum atomic E-state index is -3.85. The molecule has 25 heavy (non-hydrogen) atoms. The van der Waals surface area contributed by atoms with Crippen molar-refractivity contribution in [3.05, 3.63) is 54.6 Å². The lowest BCUT2D eigenvalue weighted by Gasteiger charge is -2.23. The summed E-state index contributed by atoms with van der Waals surface area (Å²) in [6, 6.07) is 15.1. The lowest BCUT2D eigenvalue weighted by atomic mass is 10.3. The highest BCUT2D eigenvalue weighted by Gasteiger charge is 2.26. The predicted molar refractivity (Wildman–Crippen MR) is 100 cm³/mol. The first kappa shape index (κ1) is 18.3. The lowest BCUT2D eigenvalue weighted by molar-refractivity contribution is 0.592. The Hall–Kier alpha value is -3.07. The maximum absolute atomic E-state index is 13.1. The number of guanidine groups is 2. The highest BCUT2D eigenvalue weighted by Crippen LogP contribution is 2.30. The van der Waals surface area contributed by atoms with Gasteiger partial charge in [-0.3, -0.25) is 4.31 Å². The van der Waals surface area contributed by atoms with E-state index in [9.17, 15) is 8.42 Å². The van der Waals surface area contributed by atoms with Gasteiger partial charge in [-0.2, -0.15) is 4.99 Å². The SMILES string of the molecule is CCN(c1ccccc1)S(=O)(=O)c1ccccc1N=C(N)N=C(N)N. The number of benzene rings is 2. The van der Waals surface area contributed by atoms with Crippen molar-refractivity contribution in [2.24, 2.45) is 27.2 Å². The standard InChI is InChI=1S/C16H20N6O2S/c1-2-22(12-8-4-3-5-9-12)25(23,24)14-11-7-6-10-13(14)20-16(19)21-15(17)18/h3-11H,2H2,1H3,(H6,17,18,19,20,21). The second-order valence-electron chi connectivity index (χ2n) is 4.98. The fourth-order valence-corrected chi connectivity index (χ4v) is 3.86. The molecule has 2 rings (SSSR count). The fraction of sp³-hybridized carbons (Fsp3) is 0.125. The number of hydrogen-bond acceptors (Lipinski definition) is 3. The van der Waals surface area contributed by atoms with Crippen LogP contribution < -0.4 is 21.5 Å². The molecule has 0 radical (unpaired) electrons. The minimum Gasteiger partial charge on any atom is -0.370 e. The van der Waals surface area contributed by atoms with Crippen LogP contribution in [0.5, 0.6) is 0 Å². The van der Waals surface area contributed by atoms with E-state index in [0.29, 0.717) is 5.69 Å². The van der Waals surface area contributed by atoms with E-state index in [4.69, 9.17) is 17.2 Å². The third kappa shape index (κ3) is 4.27. The van der Waals surface area contributed by atoms with Gasteiger partial charge in [-0.25, -0.2) is 13.4 Å². The number of aliphatic imine (C=N–C) groups is 2. The van der Waals surface area contributed by atoms with Crippen molar-refractivity contribution in [2.75, 3.05) is 10.8 Å². The van der Waals surface area contributed by atoms with Gasteiger partial charge < -0.3 is 17.2 Å². The molecule has 0 spiro atoms. The molecular weight excluding hydrogens is 340 g/mol. The summed E-state index contributed by atoms with van der Waals surface area (Å²) in [4.78, 5) is 7.64. The molecule has 0 heterocycles. The summed E-state index contributed by atoms with van der Waals surface area (Å²) >= 11 is 0. The number of sulfonamides is 1. The monoisotopic (exact) mass is 360 g/mol. The molecule has 0 aromatic heterocycles. The summed E-state index contributed by atoms with van der Waals surface area (Å²) in [5.41, 5.74) is 16.9. The summed E-state index contributed by atoms with van der Waals surface area (Å²) in [7, 11) is -3.85. The molecule has 6 N–H and O–H groups in total. The Bertz CT molecular complexity index is 890. The number of hydrogen-bond donors (Lipinski definition) is 3. The van der Waals surface area contributed by atoms with Crippen molar-refractivity contribution in [3.63, 3.8) is 0 Å². The average Bonchev–Trinajstić information content (AvgIpc) is 2.55. The first-order chi connectivity index (χ1) is 11.9. The number of rotatable bonds is 5. The number of para-hydroxylation sites is 2. The Morgan fingerprint density at radius 1 is 1.00 bits per heavy atom. The molecule has 2 aromatic rings. The van der Waals surface area contributed by atoms with Crippen molar-refractivity contribution in [1.82, 2.24) is 0 Å². The van der Waals surface area contributed by atoms with E-state index in [0.717, 1.165) is 0 Å². The lowest BCUT2D eigenvalue weighted by Crippen LogP contribution is -2.31. The topological polar surface area (TPSA) is 140 Å². The molecule has 0 bridgehead atoms. The summed E-state index contributed by atoms with van der Waals surface area (Å²) in [5, 5.41) is 0. The van der Waals surface area contributed by atoms with Crippen LogP contribution in [-0.4, -0.2) is 26.9 Å². The Balaban J connectivity index is 2.55. The third-order valence-electron chi connectivity index (χ3n) is 3.24. The van der Waals surface area contributed by atoms with Crippen LogP contribution in [0.1, 0.15) is 6.92 Å². The average molecular weight is 360 g/mol. The number of anilines is 1. The van der Waals surface area contributed by atoms with E-state index in [1.54, 1.807) is 43.3 Å². The molecule has 0 aliphatic carbocycles. The zero-order valence-electron chi connectivity index (χ0n) is 13.7. The third-order valence-corrected chi connectivity index (χ3v) is 5.19. The molecule has 0 aliphatic rings. The van der Waals surface area contributed by atoms with E-state index in [1.807, 2.05) is 6.07 Å². The smallest absolute Gasteiger partial charge is 0.266 e. The van der Waals surface area contributed by atoms with Crippen LogP contribution in [0, 0.1) is 0 Å². The highest BCUT2D eigenvalue weighted by atomic mass is 32.2. The van der Waals surface area contributed by atoms with E-state index in [1.165, 1.54) is 16.4 Å². The van der Waals surface area contributed by atoms with Gasteiger partial charge in [0.25, 0.3) is 10.0 Å². The van der Waals surface area contributed by atoms with Gasteiger partial charge in [-0.1, -0.05) is 30.3 Å². The minimum absolute atomic E-state index is 0.00875. The summed E-state index contributed by atoms with van der Waals surface area (Å²) in [6.45, 7) is 2.01. The van der Waals surface area contributed by atoms with E-state index < -0.39 is 10.0 Å². The van der Waals surface area contributed by atoms with Gasteiger partial charge >= 0.3 is 0 Å². The van der Waals surface area contributed by atoms with E-state index in [-0.39, 0.29) is 29.0 Å². The van der Waals surface area contributed by atoms with Crippen LogP contribution in [-0.2, 0) is 10.0 Å². The van der Waals surface area contributed by atoms with Crippen molar-refractivity contribution in [3.8, 4) is 0 Å². The van der Waals surface area contributed by atoms with E-state index >= 15 is 0 Å². The molecule has 0 unspecified atom stereocenters. The van der Waals surface area contributed by atoms with Crippen LogP contribution in [0.25, 0.3) is 0 Å². The van der Waals surface area contributed by atoms with Gasteiger partial charge in [-0.15, -0.1) is 0 Å². The normalized spacial score (nSPS) is 11.8. The summed E-state index contributed by atoms with van der Waals surface area (Å²) in [6.07, 6.45) is 0. The second-order valence-corrected chi connectivity index (χ2v) is 6.81. The van der Waals surface area contributed by atoms with Gasteiger partial charge in [0.1, 0.15) is 4.90 Å². The van der Waals surface area contributed by atoms with Crippen molar-refractivity contribution in [1.29, 1.82) is 0 Å². The van der Waals surface area contributed by atoms with Crippen molar-refractivity contribution >= 4 is 33.3 Å². The predicted octanol–water partition coefficient (Wildman–Crippen LogP) is 1.12. The van der Waals surface area contributed by atoms with Gasteiger partial charge in [0, 0.05) is 6.54 Å². The van der Waals surface area contributed by atoms with Gasteiger partial charge in [-0.05, 0) is 31.2 Å². The maximum Gasteiger partial charge on any atom is 0.266 e. The molecule has 0 fully saturated rings. The zero-order chi connectivity index (χ0) is 18.4. The molecule has 8 nitrogen and oxygen atoms in total. The summed E-state index contributed by atoms with van der Waals surface area (Å²) in [5.74, 6) is -0.494. The first-order valence-corrected chi connectivity index (χ1v) is 8.91. The quantitative estimate of drug-likeness (QED) is 0.541. The van der Waals surface area contributed by atoms with Crippen LogP contribution >= 0.6 is 0 Å². The maximum atomic E-state index is 13.1. The van der Waals surface area contributed by atoms with Crippen LogP contribution in [0.3, 0.4) is 0 Å². The zero-order valence-corrected chi connectivity index (χ0v) is 14.5. The Labute approximate surface area is 146 Å². The second kappa shape index (κ2) is 7.67. The molecule has 0 atom stereocenters. The molecule has 132 valence electrons. The molecule has 0 amide bonds. The van der Waals surface area contributed by atoms with Crippen LogP contribution in [0.2, 0.25) is 0 Å². The molecular formula is C16H20N6O2S. The largest absolute Gasteiger partial charge is 0.370 e. The highest BCUT2D eigenvalue weighted by molar-refractivity contribution is 7.93. The molecule has 0 saturated heterocycles. The first-order valence-electron chi connectivity index (χ1n) is 7.47. The van der Waals surface area contributed by atoms with Crippen LogP contribution in [0.15, 0.2) is 69.5 Å². The number of nitrogens with two attached hydrogens (primary N) is 3. The molecule has 0 saturated carbocycles. The number of nitrogens with zero attached hydrogens (tertiary/aromatic N) is 3. The van der Waals surface area contributed by atoms with Crippen molar-refractivity contribution < 1.29 is 8.42 Å². The van der Waals surface area contributed by atoms with Gasteiger partial charge in [0.2, 0.25) is 5.96 Å². The molecule has 2 aromatic carbocycles. The Morgan fingerprint density at radius 2 is 1.60 bits per heavy atom. The van der Waals surface area contributed by atoms with Gasteiger partial charge in [0.05, 0.1) is 11.4 Å². The van der Waals surface area contributed by atoms with Gasteiger partial charge in [0.15, 0.2) is 5.96 Å². The Kier molecular flexibility index (Phi) is 5.60. The Morgan fingerprint density at radius 3 is 2.20 bits per heavy atom. The summed E-state index contributed by atoms with van der Waals surface area (Å²) < 4.78 is 27.5. The molecule has 9 heteroatoms. The van der Waals surface area contributed by atoms with Crippen molar-refractivity contribution in [2.45, 2.75) is 11.8 Å². The van der Waals surface area contributed by atoms with E-state index in [2.05, 4.69) is 9.98 Å².